The largest absolute Gasteiger partial charge is 0.489 e. The lowest BCUT2D eigenvalue weighted by molar-refractivity contribution is -0.134. The zero-order valence-corrected chi connectivity index (χ0v) is 22.4. The fourth-order valence-electron chi connectivity index (χ4n) is 4.18. The van der Waals surface area contributed by atoms with Crippen LogP contribution in [0.15, 0.2) is 18.2 Å². The van der Waals surface area contributed by atoms with Gasteiger partial charge in [0.2, 0.25) is 0 Å². The van der Waals surface area contributed by atoms with Gasteiger partial charge in [-0.05, 0) is 39.1 Å². The molecule has 9 nitrogen and oxygen atoms in total. The third-order valence-electron chi connectivity index (χ3n) is 6.08. The molecule has 2 N–H and O–H groups in total. The number of hydrogen-bond acceptors (Lipinski definition) is 8. The maximum absolute atomic E-state index is 12.5. The molecule has 2 aromatic rings. The standard InChI is InChI=1S/C23H33N5O2S.C2H4O2/c1-6-27(7-2)11-10-26(5)16-8-9-18-19(14-16)30-13-12-28(18)22-24-17-15-23(3,4)25-21(29)20(17)31-22;1-2(3)4/h8-9,14H,6-7,10-13,15H2,1-5H3,(H,25,29);1H3,(H,3,4). The summed E-state index contributed by atoms with van der Waals surface area (Å²) in [4.78, 5) is 34.0. The zero-order chi connectivity index (χ0) is 25.8. The highest BCUT2D eigenvalue weighted by atomic mass is 32.1. The van der Waals surface area contributed by atoms with E-state index in [9.17, 15) is 4.79 Å². The number of benzene rings is 1. The van der Waals surface area contributed by atoms with Gasteiger partial charge in [-0.15, -0.1) is 0 Å². The maximum atomic E-state index is 12.5. The first kappa shape index (κ1) is 26.7. The molecule has 0 fully saturated rings. The Balaban J connectivity index is 0.000000795. The molecule has 1 amide bonds. The number of likely N-dealkylation sites (N-methyl/N-ethyl adjacent to an activating group) is 2. The van der Waals surface area contributed by atoms with Crippen LogP contribution in [0.2, 0.25) is 0 Å². The summed E-state index contributed by atoms with van der Waals surface area (Å²) in [6.45, 7) is 15.0. The van der Waals surface area contributed by atoms with Crippen molar-refractivity contribution in [3.63, 3.8) is 0 Å². The average Bonchev–Trinajstić information content (AvgIpc) is 3.21. The van der Waals surface area contributed by atoms with Crippen molar-refractivity contribution in [3.8, 4) is 5.75 Å². The molecule has 0 aliphatic carbocycles. The summed E-state index contributed by atoms with van der Waals surface area (Å²) in [5.41, 5.74) is 2.79. The SMILES string of the molecule is CC(=O)O.CCN(CC)CCN(C)c1ccc2c(c1)OCCN2c1nc2c(s1)C(=O)NC(C)(C)C2. The lowest BCUT2D eigenvalue weighted by atomic mass is 9.94. The summed E-state index contributed by atoms with van der Waals surface area (Å²) in [7, 11) is 2.13. The number of carbonyl (C=O) groups excluding carboxylic acids is 1. The van der Waals surface area contributed by atoms with Crippen LogP contribution < -0.4 is 19.9 Å². The van der Waals surface area contributed by atoms with E-state index in [-0.39, 0.29) is 11.4 Å². The second-order valence-corrected chi connectivity index (χ2v) is 10.4. The molecule has 0 bridgehead atoms. The number of thiazole rings is 1. The van der Waals surface area contributed by atoms with Gasteiger partial charge < -0.3 is 29.9 Å². The first-order valence-corrected chi connectivity index (χ1v) is 12.9. The number of fused-ring (bicyclic) bond motifs is 2. The minimum atomic E-state index is -0.833. The van der Waals surface area contributed by atoms with Gasteiger partial charge in [0.15, 0.2) is 5.13 Å². The summed E-state index contributed by atoms with van der Waals surface area (Å²) >= 11 is 1.47. The van der Waals surface area contributed by atoms with E-state index < -0.39 is 5.97 Å². The van der Waals surface area contributed by atoms with E-state index in [1.54, 1.807) is 0 Å². The molecule has 0 saturated heterocycles. The lowest BCUT2D eigenvalue weighted by Crippen LogP contribution is -2.48. The molecular formula is C25H37N5O4S. The summed E-state index contributed by atoms with van der Waals surface area (Å²) in [5, 5.41) is 11.4. The van der Waals surface area contributed by atoms with E-state index in [0.29, 0.717) is 6.61 Å². The van der Waals surface area contributed by atoms with Gasteiger partial charge >= 0.3 is 0 Å². The van der Waals surface area contributed by atoms with Crippen molar-refractivity contribution in [2.75, 3.05) is 56.2 Å². The zero-order valence-electron chi connectivity index (χ0n) is 21.6. The van der Waals surface area contributed by atoms with Gasteiger partial charge in [0, 0.05) is 50.8 Å². The number of anilines is 3. The van der Waals surface area contributed by atoms with E-state index in [4.69, 9.17) is 19.6 Å². The van der Waals surface area contributed by atoms with Crippen LogP contribution >= 0.6 is 11.3 Å². The molecule has 0 radical (unpaired) electrons. The van der Waals surface area contributed by atoms with Crippen molar-refractivity contribution < 1.29 is 19.4 Å². The Kier molecular flexibility index (Phi) is 8.60. The maximum Gasteiger partial charge on any atom is 0.300 e. The van der Waals surface area contributed by atoms with Crippen molar-refractivity contribution in [2.45, 2.75) is 46.6 Å². The molecule has 10 heteroatoms. The number of amides is 1. The van der Waals surface area contributed by atoms with Crippen molar-refractivity contribution in [1.82, 2.24) is 15.2 Å². The molecule has 1 aromatic carbocycles. The van der Waals surface area contributed by atoms with Crippen molar-refractivity contribution in [3.05, 3.63) is 28.8 Å². The van der Waals surface area contributed by atoms with Crippen LogP contribution in [0.4, 0.5) is 16.5 Å². The van der Waals surface area contributed by atoms with Gasteiger partial charge in [-0.1, -0.05) is 25.2 Å². The topological polar surface area (TPSA) is 98.2 Å². The molecule has 1 aromatic heterocycles. The van der Waals surface area contributed by atoms with Crippen molar-refractivity contribution in [1.29, 1.82) is 0 Å². The number of rotatable bonds is 7. The van der Waals surface area contributed by atoms with Gasteiger partial charge in [-0.25, -0.2) is 4.98 Å². The number of carboxylic acid groups (broad SMARTS) is 1. The number of ether oxygens (including phenoxy) is 1. The number of aromatic nitrogens is 1. The minimum absolute atomic E-state index is 0.0198. The van der Waals surface area contributed by atoms with Crippen LogP contribution in [0, 0.1) is 0 Å². The predicted molar refractivity (Wildman–Crippen MR) is 141 cm³/mol. The van der Waals surface area contributed by atoms with Crippen LogP contribution in [-0.2, 0) is 11.2 Å². The highest BCUT2D eigenvalue weighted by Gasteiger charge is 2.34. The highest BCUT2D eigenvalue weighted by molar-refractivity contribution is 7.17. The molecule has 2 aliphatic heterocycles. The van der Waals surface area contributed by atoms with E-state index in [1.165, 1.54) is 11.3 Å². The van der Waals surface area contributed by atoms with Gasteiger partial charge in [0.05, 0.1) is 17.9 Å². The molecule has 192 valence electrons. The molecule has 2 aliphatic rings. The third kappa shape index (κ3) is 6.64. The molecule has 0 unspecified atom stereocenters. The Labute approximate surface area is 211 Å². The molecule has 35 heavy (non-hydrogen) atoms. The van der Waals surface area contributed by atoms with E-state index >= 15 is 0 Å². The van der Waals surface area contributed by atoms with Crippen LogP contribution in [-0.4, -0.2) is 78.8 Å². The number of hydrogen-bond donors (Lipinski definition) is 2. The van der Waals surface area contributed by atoms with Crippen LogP contribution in [0.1, 0.15) is 50.0 Å². The first-order valence-electron chi connectivity index (χ1n) is 12.0. The smallest absolute Gasteiger partial charge is 0.300 e. The second kappa shape index (κ2) is 11.3. The van der Waals surface area contributed by atoms with Gasteiger partial charge in [-0.3, -0.25) is 9.59 Å². The monoisotopic (exact) mass is 503 g/mol. The van der Waals surface area contributed by atoms with Gasteiger partial charge in [0.1, 0.15) is 17.2 Å². The van der Waals surface area contributed by atoms with Crippen molar-refractivity contribution >= 4 is 39.7 Å². The normalized spacial score (nSPS) is 15.9. The molecule has 4 rings (SSSR count). The van der Waals surface area contributed by atoms with Crippen LogP contribution in [0.25, 0.3) is 0 Å². The first-order chi connectivity index (χ1) is 16.5. The predicted octanol–water partition coefficient (Wildman–Crippen LogP) is 3.61. The Hall–Kier alpha value is -2.85. The highest BCUT2D eigenvalue weighted by Crippen LogP contribution is 2.42. The van der Waals surface area contributed by atoms with Crippen molar-refractivity contribution in [2.24, 2.45) is 0 Å². The van der Waals surface area contributed by atoms with E-state index in [2.05, 4.69) is 59.1 Å². The van der Waals surface area contributed by atoms with E-state index in [0.717, 1.165) is 78.9 Å². The number of nitrogens with zero attached hydrogens (tertiary/aromatic N) is 4. The molecule has 0 spiro atoms. The number of aliphatic carboxylic acids is 1. The van der Waals surface area contributed by atoms with Crippen LogP contribution in [0.5, 0.6) is 5.75 Å². The molecule has 3 heterocycles. The average molecular weight is 504 g/mol. The summed E-state index contributed by atoms with van der Waals surface area (Å²) in [5.74, 6) is 0.0186. The van der Waals surface area contributed by atoms with Gasteiger partial charge in [0.25, 0.3) is 11.9 Å². The fraction of sp³-hybridized carbons (Fsp3) is 0.560. The number of carboxylic acids is 1. The third-order valence-corrected chi connectivity index (χ3v) is 7.20. The Morgan fingerprint density at radius 3 is 2.63 bits per heavy atom. The van der Waals surface area contributed by atoms with E-state index in [1.807, 2.05) is 13.8 Å². The summed E-state index contributed by atoms with van der Waals surface area (Å²) < 4.78 is 6.01. The number of carbonyl (C=O) groups is 2. The Morgan fingerprint density at radius 1 is 1.29 bits per heavy atom. The Bertz CT molecular complexity index is 1050. The summed E-state index contributed by atoms with van der Waals surface area (Å²) in [6.07, 6.45) is 0.748. The van der Waals surface area contributed by atoms with Gasteiger partial charge in [-0.2, -0.15) is 0 Å². The fourth-order valence-corrected chi connectivity index (χ4v) is 5.20. The minimum Gasteiger partial charge on any atom is -0.489 e. The quantitative estimate of drug-likeness (QED) is 0.591. The second-order valence-electron chi connectivity index (χ2n) is 9.41. The molecule has 0 atom stereocenters. The molecule has 0 saturated carbocycles. The summed E-state index contributed by atoms with van der Waals surface area (Å²) in [6, 6.07) is 6.38. The Morgan fingerprint density at radius 2 is 1.97 bits per heavy atom. The number of nitrogens with one attached hydrogen (secondary N) is 1. The van der Waals surface area contributed by atoms with Crippen LogP contribution in [0.3, 0.4) is 0 Å². The molecular weight excluding hydrogens is 466 g/mol. The lowest BCUT2D eigenvalue weighted by Gasteiger charge is -2.31.